The maximum atomic E-state index is 5.97. The van der Waals surface area contributed by atoms with E-state index in [-0.39, 0.29) is 12.2 Å². The second-order valence-electron chi connectivity index (χ2n) is 4.41. The maximum Gasteiger partial charge on any atom is 0.424 e. The van der Waals surface area contributed by atoms with Crippen LogP contribution in [0.1, 0.15) is 33.3 Å². The molecule has 0 aliphatic heterocycles. The summed E-state index contributed by atoms with van der Waals surface area (Å²) in [4.78, 5) is 0. The van der Waals surface area contributed by atoms with Crippen molar-refractivity contribution in [2.24, 2.45) is 0 Å². The first-order valence-corrected chi connectivity index (χ1v) is 8.73. The number of alkyl halides is 1. The molecule has 17 heavy (non-hydrogen) atoms. The van der Waals surface area contributed by atoms with Crippen LogP contribution in [0.15, 0.2) is 24.3 Å². The Bertz CT molecular complexity index is 332. The molecule has 0 aliphatic carbocycles. The molecule has 1 aromatic carbocycles. The largest absolute Gasteiger partial charge is 0.424 e. The first-order chi connectivity index (χ1) is 8.04. The lowest BCUT2D eigenvalue weighted by atomic mass is 10.2. The molecule has 95 valence electrons. The van der Waals surface area contributed by atoms with E-state index in [4.69, 9.17) is 8.85 Å². The van der Waals surface area contributed by atoms with Crippen molar-refractivity contribution in [1.29, 1.82) is 0 Å². The summed E-state index contributed by atoms with van der Waals surface area (Å²) in [5.41, 5.74) is 1.32. The van der Waals surface area contributed by atoms with E-state index < -0.39 is 9.28 Å². The molecule has 0 aromatic heterocycles. The Kier molecular flexibility index (Phi) is 6.69. The van der Waals surface area contributed by atoms with Crippen LogP contribution in [0.4, 0.5) is 0 Å². The average molecular weight is 363 g/mol. The predicted octanol–water partition coefficient (Wildman–Crippen LogP) is 3.17. The van der Waals surface area contributed by atoms with Crippen molar-refractivity contribution in [2.45, 2.75) is 44.3 Å². The summed E-state index contributed by atoms with van der Waals surface area (Å²) in [7, 11) is -1.37. The molecule has 4 heteroatoms. The molecule has 1 radical (unpaired) electrons. The normalized spacial score (nSPS) is 11.8. The Balaban J connectivity index is 2.94. The predicted molar refractivity (Wildman–Crippen MR) is 82.0 cm³/mol. The van der Waals surface area contributed by atoms with Crippen molar-refractivity contribution in [1.82, 2.24) is 0 Å². The highest BCUT2D eigenvalue weighted by molar-refractivity contribution is 14.1. The fourth-order valence-electron chi connectivity index (χ4n) is 1.42. The number of hydrogen-bond acceptors (Lipinski definition) is 2. The molecule has 0 N–H and O–H groups in total. The topological polar surface area (TPSA) is 18.5 Å². The maximum absolute atomic E-state index is 5.97. The Morgan fingerprint density at radius 3 is 2.06 bits per heavy atom. The summed E-state index contributed by atoms with van der Waals surface area (Å²) < 4.78 is 12.9. The van der Waals surface area contributed by atoms with Gasteiger partial charge in [0.15, 0.2) is 0 Å². The highest BCUT2D eigenvalue weighted by Gasteiger charge is 2.24. The third kappa shape index (κ3) is 5.07. The molecular weight excluding hydrogens is 343 g/mol. The van der Waals surface area contributed by atoms with Crippen LogP contribution >= 0.6 is 22.6 Å². The smallest absolute Gasteiger partial charge is 0.387 e. The fraction of sp³-hybridized carbons (Fsp3) is 0.538. The van der Waals surface area contributed by atoms with Gasteiger partial charge in [0.25, 0.3) is 0 Å². The van der Waals surface area contributed by atoms with Crippen LogP contribution in [0.25, 0.3) is 0 Å². The monoisotopic (exact) mass is 363 g/mol. The first-order valence-electron chi connectivity index (χ1n) is 5.89. The second-order valence-corrected chi connectivity index (χ2v) is 6.76. The van der Waals surface area contributed by atoms with Crippen LogP contribution in [0.3, 0.4) is 0 Å². The van der Waals surface area contributed by atoms with Crippen molar-refractivity contribution >= 4 is 37.1 Å². The lowest BCUT2D eigenvalue weighted by molar-refractivity contribution is 0.139. The zero-order valence-corrected chi connectivity index (χ0v) is 14.0. The zero-order chi connectivity index (χ0) is 12.8. The Morgan fingerprint density at radius 1 is 1.06 bits per heavy atom. The van der Waals surface area contributed by atoms with Gasteiger partial charge in [-0.05, 0) is 38.4 Å². The highest BCUT2D eigenvalue weighted by atomic mass is 127. The molecule has 0 amide bonds. The van der Waals surface area contributed by atoms with Crippen molar-refractivity contribution < 1.29 is 8.85 Å². The quantitative estimate of drug-likeness (QED) is 0.439. The number of halogens is 1. The van der Waals surface area contributed by atoms with Crippen molar-refractivity contribution in [3.63, 3.8) is 0 Å². The molecule has 0 fully saturated rings. The van der Waals surface area contributed by atoms with E-state index >= 15 is 0 Å². The minimum Gasteiger partial charge on any atom is -0.387 e. The van der Waals surface area contributed by atoms with Crippen molar-refractivity contribution in [3.8, 4) is 0 Å². The van der Waals surface area contributed by atoms with Gasteiger partial charge in [0, 0.05) is 16.6 Å². The van der Waals surface area contributed by atoms with Crippen LogP contribution in [0.2, 0.25) is 0 Å². The minimum atomic E-state index is -1.37. The number of benzene rings is 1. The standard InChI is InChI=1S/C13H20IO2Si/c1-10(2)15-17(16-11(3)4)13-8-6-5-7-12(13)9-14/h5-8,10-11H,9H2,1-4H3. The molecule has 0 spiro atoms. The van der Waals surface area contributed by atoms with E-state index in [2.05, 4.69) is 74.6 Å². The number of rotatable bonds is 6. The van der Waals surface area contributed by atoms with Gasteiger partial charge in [0.05, 0.1) is 0 Å². The van der Waals surface area contributed by atoms with Crippen LogP contribution in [-0.4, -0.2) is 21.5 Å². The lowest BCUT2D eigenvalue weighted by Gasteiger charge is -2.21. The van der Waals surface area contributed by atoms with Crippen molar-refractivity contribution in [3.05, 3.63) is 29.8 Å². The first kappa shape index (κ1) is 15.1. The van der Waals surface area contributed by atoms with E-state index in [1.165, 1.54) is 10.8 Å². The fourth-order valence-corrected chi connectivity index (χ4v) is 4.28. The third-order valence-corrected chi connectivity index (χ3v) is 5.19. The molecule has 0 heterocycles. The molecule has 0 aliphatic rings. The average Bonchev–Trinajstić information content (AvgIpc) is 2.27. The molecule has 0 saturated carbocycles. The van der Waals surface area contributed by atoms with E-state index in [9.17, 15) is 0 Å². The van der Waals surface area contributed by atoms with Gasteiger partial charge in [-0.15, -0.1) is 0 Å². The van der Waals surface area contributed by atoms with E-state index in [1.807, 2.05) is 0 Å². The summed E-state index contributed by atoms with van der Waals surface area (Å²) in [5.74, 6) is 0. The van der Waals surface area contributed by atoms with Gasteiger partial charge < -0.3 is 8.85 Å². The van der Waals surface area contributed by atoms with Crippen molar-refractivity contribution in [2.75, 3.05) is 0 Å². The zero-order valence-electron chi connectivity index (χ0n) is 10.9. The SMILES string of the molecule is CC(C)O[Si](OC(C)C)c1ccccc1CI. The van der Waals surface area contributed by atoms with Gasteiger partial charge in [0.1, 0.15) is 0 Å². The highest BCUT2D eigenvalue weighted by Crippen LogP contribution is 2.08. The van der Waals surface area contributed by atoms with E-state index in [0.717, 1.165) is 4.43 Å². The Labute approximate surface area is 120 Å². The molecule has 0 atom stereocenters. The van der Waals surface area contributed by atoms with Gasteiger partial charge in [0.2, 0.25) is 0 Å². The van der Waals surface area contributed by atoms with Gasteiger partial charge in [-0.1, -0.05) is 46.9 Å². The minimum absolute atomic E-state index is 0.199. The molecule has 1 rings (SSSR count). The Morgan fingerprint density at radius 2 is 1.59 bits per heavy atom. The van der Waals surface area contributed by atoms with Crippen LogP contribution in [-0.2, 0) is 13.3 Å². The Hall–Kier alpha value is 0.0869. The van der Waals surface area contributed by atoms with Gasteiger partial charge >= 0.3 is 9.28 Å². The van der Waals surface area contributed by atoms with E-state index in [1.54, 1.807) is 0 Å². The molecule has 0 unspecified atom stereocenters. The van der Waals surface area contributed by atoms with Gasteiger partial charge in [-0.25, -0.2) is 0 Å². The second kappa shape index (κ2) is 7.51. The summed E-state index contributed by atoms with van der Waals surface area (Å²) >= 11 is 2.38. The lowest BCUT2D eigenvalue weighted by Crippen LogP contribution is -2.42. The van der Waals surface area contributed by atoms with Crippen LogP contribution in [0, 0.1) is 0 Å². The summed E-state index contributed by atoms with van der Waals surface area (Å²) in [6.07, 6.45) is 0.398. The van der Waals surface area contributed by atoms with Gasteiger partial charge in [-0.3, -0.25) is 0 Å². The molecule has 0 saturated heterocycles. The van der Waals surface area contributed by atoms with Crippen LogP contribution in [0.5, 0.6) is 0 Å². The third-order valence-electron chi connectivity index (χ3n) is 2.07. The van der Waals surface area contributed by atoms with Gasteiger partial charge in [-0.2, -0.15) is 0 Å². The van der Waals surface area contributed by atoms with E-state index in [0.29, 0.717) is 0 Å². The molecule has 0 bridgehead atoms. The summed E-state index contributed by atoms with van der Waals surface area (Å²) in [5, 5.41) is 1.24. The summed E-state index contributed by atoms with van der Waals surface area (Å²) in [6.45, 7) is 8.23. The molecular formula is C13H20IO2Si. The molecule has 2 nitrogen and oxygen atoms in total. The summed E-state index contributed by atoms with van der Waals surface area (Å²) in [6, 6.07) is 8.41. The molecule has 1 aromatic rings. The van der Waals surface area contributed by atoms with Crippen LogP contribution < -0.4 is 5.19 Å². The number of hydrogen-bond donors (Lipinski definition) is 0.